The summed E-state index contributed by atoms with van der Waals surface area (Å²) < 4.78 is 17.8. The third-order valence-corrected chi connectivity index (χ3v) is 2.72. The minimum Gasteiger partial charge on any atom is -0.503 e. The zero-order valence-corrected chi connectivity index (χ0v) is 9.65. The van der Waals surface area contributed by atoms with Gasteiger partial charge in [-0.3, -0.25) is 0 Å². The molecular formula is C9H8BrFO5. The van der Waals surface area contributed by atoms with Crippen molar-refractivity contribution in [3.63, 3.8) is 0 Å². The van der Waals surface area contributed by atoms with Crippen molar-refractivity contribution < 1.29 is 29.2 Å². The van der Waals surface area contributed by atoms with E-state index >= 15 is 0 Å². The number of aliphatic hydroxyl groups excluding tert-OH is 1. The Kier molecular flexibility index (Phi) is 3.71. The number of phenolic OH excluding ortho intramolecular Hbond substituents is 1. The standard InChI is InChI=1S/C9H8BrFO5/c1-16-4-2-3(11)5(6(10)7(4)12)8(13)9(14)15/h2,8,12-13H,1H3,(H,14,15). The molecule has 0 radical (unpaired) electrons. The summed E-state index contributed by atoms with van der Waals surface area (Å²) >= 11 is 2.80. The molecule has 1 rings (SSSR count). The minimum atomic E-state index is -2.06. The second-order valence-corrected chi connectivity index (χ2v) is 3.67. The minimum absolute atomic E-state index is 0.161. The maximum Gasteiger partial charge on any atom is 0.337 e. The van der Waals surface area contributed by atoms with Crippen LogP contribution in [0.1, 0.15) is 11.7 Å². The van der Waals surface area contributed by atoms with Crippen molar-refractivity contribution in [2.45, 2.75) is 6.10 Å². The fourth-order valence-corrected chi connectivity index (χ4v) is 1.73. The molecule has 1 aromatic carbocycles. The predicted molar refractivity (Wildman–Crippen MR) is 54.9 cm³/mol. The lowest BCUT2D eigenvalue weighted by Gasteiger charge is -2.13. The Hall–Kier alpha value is -1.34. The molecule has 5 nitrogen and oxygen atoms in total. The lowest BCUT2D eigenvalue weighted by Crippen LogP contribution is -2.13. The van der Waals surface area contributed by atoms with Crippen LogP contribution in [0.2, 0.25) is 0 Å². The normalized spacial score (nSPS) is 12.2. The summed E-state index contributed by atoms with van der Waals surface area (Å²) in [6.45, 7) is 0. The van der Waals surface area contributed by atoms with Crippen molar-refractivity contribution in [2.75, 3.05) is 7.11 Å². The molecule has 0 saturated heterocycles. The molecule has 0 aliphatic rings. The molecule has 16 heavy (non-hydrogen) atoms. The number of carbonyl (C=O) groups is 1. The SMILES string of the molecule is COc1cc(F)c(C(O)C(=O)O)c(Br)c1O. The van der Waals surface area contributed by atoms with Crippen LogP contribution in [0.4, 0.5) is 4.39 Å². The first-order valence-electron chi connectivity index (χ1n) is 4.05. The average Bonchev–Trinajstić information content (AvgIpc) is 2.23. The van der Waals surface area contributed by atoms with Crippen molar-refractivity contribution in [3.05, 3.63) is 21.9 Å². The first-order chi connectivity index (χ1) is 7.40. The molecule has 0 amide bonds. The van der Waals surface area contributed by atoms with Gasteiger partial charge in [0.2, 0.25) is 0 Å². The number of carboxylic acid groups (broad SMARTS) is 1. The Bertz CT molecular complexity index is 434. The second kappa shape index (κ2) is 4.67. The Labute approximate surface area is 98.2 Å². The van der Waals surface area contributed by atoms with Crippen LogP contribution in [-0.2, 0) is 4.79 Å². The van der Waals surface area contributed by atoms with Gasteiger partial charge in [0.25, 0.3) is 0 Å². The number of hydrogen-bond donors (Lipinski definition) is 3. The van der Waals surface area contributed by atoms with Crippen molar-refractivity contribution in [3.8, 4) is 11.5 Å². The van der Waals surface area contributed by atoms with Crippen LogP contribution < -0.4 is 4.74 Å². The summed E-state index contributed by atoms with van der Waals surface area (Å²) in [6.07, 6.45) is -2.06. The molecule has 1 aromatic rings. The lowest BCUT2D eigenvalue weighted by atomic mass is 10.1. The van der Waals surface area contributed by atoms with Gasteiger partial charge >= 0.3 is 5.97 Å². The smallest absolute Gasteiger partial charge is 0.337 e. The van der Waals surface area contributed by atoms with E-state index in [4.69, 9.17) is 5.11 Å². The quantitative estimate of drug-likeness (QED) is 0.785. The van der Waals surface area contributed by atoms with Gasteiger partial charge in [-0.1, -0.05) is 0 Å². The summed E-state index contributed by atoms with van der Waals surface area (Å²) in [5.74, 6) is -3.24. The Morgan fingerprint density at radius 3 is 2.62 bits per heavy atom. The van der Waals surface area contributed by atoms with Crippen LogP contribution in [0.15, 0.2) is 10.5 Å². The van der Waals surface area contributed by atoms with Crippen LogP contribution in [-0.4, -0.2) is 28.4 Å². The number of carboxylic acids is 1. The van der Waals surface area contributed by atoms with Gasteiger partial charge in [0.15, 0.2) is 17.6 Å². The number of aromatic hydroxyl groups is 1. The highest BCUT2D eigenvalue weighted by molar-refractivity contribution is 9.10. The summed E-state index contributed by atoms with van der Waals surface area (Å²) in [5.41, 5.74) is -0.550. The van der Waals surface area contributed by atoms with Crippen molar-refractivity contribution in [2.24, 2.45) is 0 Å². The molecule has 88 valence electrons. The number of benzene rings is 1. The third-order valence-electron chi connectivity index (χ3n) is 1.92. The largest absolute Gasteiger partial charge is 0.503 e. The van der Waals surface area contributed by atoms with Crippen LogP contribution in [0.5, 0.6) is 11.5 Å². The fourth-order valence-electron chi connectivity index (χ4n) is 1.13. The van der Waals surface area contributed by atoms with E-state index in [0.717, 1.165) is 6.07 Å². The molecule has 0 aliphatic heterocycles. The number of hydrogen-bond acceptors (Lipinski definition) is 4. The summed E-state index contributed by atoms with van der Waals surface area (Å²) in [6, 6.07) is 0.793. The molecule has 1 atom stereocenters. The van der Waals surface area contributed by atoms with Gasteiger partial charge in [-0.25, -0.2) is 9.18 Å². The zero-order chi connectivity index (χ0) is 12.5. The first-order valence-corrected chi connectivity index (χ1v) is 4.85. The van der Waals surface area contributed by atoms with Crippen molar-refractivity contribution in [1.82, 2.24) is 0 Å². The molecule has 0 spiro atoms. The first kappa shape index (κ1) is 12.7. The molecule has 7 heteroatoms. The molecule has 0 saturated carbocycles. The molecule has 1 unspecified atom stereocenters. The van der Waals surface area contributed by atoms with E-state index in [1.165, 1.54) is 7.11 Å². The van der Waals surface area contributed by atoms with E-state index in [1.807, 2.05) is 0 Å². The molecule has 0 fully saturated rings. The van der Waals surface area contributed by atoms with Crippen LogP contribution in [0.3, 0.4) is 0 Å². The fraction of sp³-hybridized carbons (Fsp3) is 0.222. The maximum absolute atomic E-state index is 13.4. The number of halogens is 2. The highest BCUT2D eigenvalue weighted by Gasteiger charge is 2.26. The maximum atomic E-state index is 13.4. The second-order valence-electron chi connectivity index (χ2n) is 2.88. The monoisotopic (exact) mass is 294 g/mol. The van der Waals surface area contributed by atoms with E-state index in [9.17, 15) is 19.4 Å². The van der Waals surface area contributed by atoms with Crippen molar-refractivity contribution >= 4 is 21.9 Å². The lowest BCUT2D eigenvalue weighted by molar-refractivity contribution is -0.147. The number of aliphatic hydroxyl groups is 1. The average molecular weight is 295 g/mol. The Morgan fingerprint density at radius 1 is 1.62 bits per heavy atom. The molecule has 0 aliphatic carbocycles. The van der Waals surface area contributed by atoms with Crippen LogP contribution in [0.25, 0.3) is 0 Å². The van der Waals surface area contributed by atoms with E-state index in [1.54, 1.807) is 0 Å². The molecular weight excluding hydrogens is 287 g/mol. The van der Waals surface area contributed by atoms with Gasteiger partial charge in [0.05, 0.1) is 11.6 Å². The van der Waals surface area contributed by atoms with Crippen LogP contribution >= 0.6 is 15.9 Å². The van der Waals surface area contributed by atoms with E-state index in [0.29, 0.717) is 0 Å². The Balaban J connectivity index is 3.41. The van der Waals surface area contributed by atoms with E-state index in [-0.39, 0.29) is 10.2 Å². The van der Waals surface area contributed by atoms with Gasteiger partial charge in [-0.2, -0.15) is 0 Å². The van der Waals surface area contributed by atoms with Gasteiger partial charge in [0, 0.05) is 11.6 Å². The molecule has 0 bridgehead atoms. The number of aliphatic carboxylic acids is 1. The topological polar surface area (TPSA) is 87.0 Å². The summed E-state index contributed by atoms with van der Waals surface area (Å²) in [4.78, 5) is 10.5. The molecule has 3 N–H and O–H groups in total. The molecule has 0 aromatic heterocycles. The number of ether oxygens (including phenoxy) is 1. The Morgan fingerprint density at radius 2 is 2.19 bits per heavy atom. The van der Waals surface area contributed by atoms with Gasteiger partial charge < -0.3 is 20.1 Å². The highest BCUT2D eigenvalue weighted by atomic mass is 79.9. The van der Waals surface area contributed by atoms with E-state index < -0.39 is 29.2 Å². The van der Waals surface area contributed by atoms with Gasteiger partial charge in [0.1, 0.15) is 5.82 Å². The molecule has 0 heterocycles. The van der Waals surface area contributed by atoms with E-state index in [2.05, 4.69) is 20.7 Å². The van der Waals surface area contributed by atoms with Crippen molar-refractivity contribution in [1.29, 1.82) is 0 Å². The zero-order valence-electron chi connectivity index (χ0n) is 8.07. The highest BCUT2D eigenvalue weighted by Crippen LogP contribution is 2.40. The van der Waals surface area contributed by atoms with Crippen LogP contribution in [0, 0.1) is 5.82 Å². The van der Waals surface area contributed by atoms with Gasteiger partial charge in [-0.15, -0.1) is 0 Å². The number of phenols is 1. The summed E-state index contributed by atoms with van der Waals surface area (Å²) in [7, 11) is 1.22. The van der Waals surface area contributed by atoms with Gasteiger partial charge in [-0.05, 0) is 15.9 Å². The third kappa shape index (κ3) is 2.10. The summed E-state index contributed by atoms with van der Waals surface area (Å²) in [5, 5.41) is 27.3. The predicted octanol–water partition coefficient (Wildman–Crippen LogP) is 1.42. The number of methoxy groups -OCH3 is 1. The number of rotatable bonds is 3.